The van der Waals surface area contributed by atoms with E-state index in [1.807, 2.05) is 0 Å². The quantitative estimate of drug-likeness (QED) is 0.867. The first-order chi connectivity index (χ1) is 7.91. The summed E-state index contributed by atoms with van der Waals surface area (Å²) >= 11 is 3.02. The Kier molecular flexibility index (Phi) is 4.58. The van der Waals surface area contributed by atoms with Crippen LogP contribution in [0.15, 0.2) is 6.07 Å². The van der Waals surface area contributed by atoms with Gasteiger partial charge in [-0.3, -0.25) is 0 Å². The van der Waals surface area contributed by atoms with Crippen LogP contribution in [0.5, 0.6) is 11.8 Å². The molecule has 1 rings (SSSR count). The van der Waals surface area contributed by atoms with E-state index in [0.717, 1.165) is 0 Å². The number of rotatable bonds is 4. The Labute approximate surface area is 103 Å². The number of hydrogen-bond acceptors (Lipinski definition) is 4. The fourth-order valence-electron chi connectivity index (χ4n) is 1.15. The van der Waals surface area contributed by atoms with Gasteiger partial charge in [-0.25, -0.2) is 0 Å². The maximum atomic E-state index is 12.1. The van der Waals surface area contributed by atoms with Gasteiger partial charge in [0, 0.05) is 16.5 Å². The molecule has 0 atom stereocenters. The molecule has 8 heteroatoms. The summed E-state index contributed by atoms with van der Waals surface area (Å²) in [4.78, 5) is 3.56. The average Bonchev–Trinajstić information content (AvgIpc) is 2.26. The van der Waals surface area contributed by atoms with Crippen LogP contribution in [0.25, 0.3) is 0 Å². The largest absolute Gasteiger partial charge is 0.574 e. The molecule has 1 heterocycles. The van der Waals surface area contributed by atoms with E-state index in [1.165, 1.54) is 13.2 Å². The first kappa shape index (κ1) is 14.0. The third kappa shape index (κ3) is 3.74. The summed E-state index contributed by atoms with van der Waals surface area (Å²) in [5.74, 6) is -0.695. The van der Waals surface area contributed by atoms with Crippen LogP contribution in [0, 0.1) is 0 Å². The Bertz CT molecular complexity index is 398. The molecule has 0 saturated carbocycles. The van der Waals surface area contributed by atoms with E-state index in [4.69, 9.17) is 9.84 Å². The monoisotopic (exact) mass is 315 g/mol. The molecule has 0 bridgehead atoms. The topological polar surface area (TPSA) is 51.6 Å². The van der Waals surface area contributed by atoms with Gasteiger partial charge in [0.25, 0.3) is 0 Å². The fourth-order valence-corrected chi connectivity index (χ4v) is 1.56. The van der Waals surface area contributed by atoms with Crippen molar-refractivity contribution in [2.45, 2.75) is 18.3 Å². The highest BCUT2D eigenvalue weighted by Crippen LogP contribution is 2.30. The van der Waals surface area contributed by atoms with Crippen molar-refractivity contribution in [3.05, 3.63) is 17.2 Å². The Morgan fingerprint density at radius 3 is 2.41 bits per heavy atom. The van der Waals surface area contributed by atoms with Crippen molar-refractivity contribution in [3.8, 4) is 11.8 Å². The maximum absolute atomic E-state index is 12.1. The number of alkyl halides is 4. The number of methoxy groups -OCH3 is 1. The number of pyridine rings is 1. The van der Waals surface area contributed by atoms with E-state index in [0.29, 0.717) is 0 Å². The fraction of sp³-hybridized carbons (Fsp3) is 0.444. The summed E-state index contributed by atoms with van der Waals surface area (Å²) in [5.41, 5.74) is 0.462. The van der Waals surface area contributed by atoms with Crippen LogP contribution in [0.2, 0.25) is 0 Å². The number of aliphatic hydroxyl groups excluding tert-OH is 1. The van der Waals surface area contributed by atoms with Crippen LogP contribution in [0.3, 0.4) is 0 Å². The summed E-state index contributed by atoms with van der Waals surface area (Å²) < 4.78 is 44.8. The minimum absolute atomic E-state index is 0.101. The standard InChI is InChI=1S/C9H9BrF3NO3/c1-16-7-6(4-15)2-5(3-10)8(14-7)17-9(11,12)13/h2,15H,3-4H2,1H3. The van der Waals surface area contributed by atoms with Crippen LogP contribution in [0.1, 0.15) is 11.1 Å². The molecule has 0 amide bonds. The van der Waals surface area contributed by atoms with E-state index in [2.05, 4.69) is 25.7 Å². The highest BCUT2D eigenvalue weighted by Gasteiger charge is 2.33. The molecule has 0 fully saturated rings. The Morgan fingerprint density at radius 2 is 2.00 bits per heavy atom. The molecule has 17 heavy (non-hydrogen) atoms. The highest BCUT2D eigenvalue weighted by atomic mass is 79.9. The molecule has 1 aromatic rings. The van der Waals surface area contributed by atoms with Gasteiger partial charge in [-0.2, -0.15) is 4.98 Å². The van der Waals surface area contributed by atoms with Crippen LogP contribution in [0.4, 0.5) is 13.2 Å². The van der Waals surface area contributed by atoms with E-state index < -0.39 is 12.2 Å². The lowest BCUT2D eigenvalue weighted by Crippen LogP contribution is -2.19. The van der Waals surface area contributed by atoms with Gasteiger partial charge in [0.1, 0.15) is 0 Å². The van der Waals surface area contributed by atoms with E-state index in [-0.39, 0.29) is 28.9 Å². The first-order valence-corrected chi connectivity index (χ1v) is 5.52. The number of ether oxygens (including phenoxy) is 2. The van der Waals surface area contributed by atoms with Crippen LogP contribution < -0.4 is 9.47 Å². The number of hydrogen-bond donors (Lipinski definition) is 1. The number of nitrogens with zero attached hydrogens (tertiary/aromatic N) is 1. The molecule has 4 nitrogen and oxygen atoms in total. The summed E-state index contributed by atoms with van der Waals surface area (Å²) in [6.07, 6.45) is -4.82. The highest BCUT2D eigenvalue weighted by molar-refractivity contribution is 9.08. The molecule has 0 radical (unpaired) electrons. The lowest BCUT2D eigenvalue weighted by Gasteiger charge is -2.14. The zero-order valence-electron chi connectivity index (χ0n) is 8.71. The Balaban J connectivity index is 3.19. The predicted molar refractivity (Wildman–Crippen MR) is 56.0 cm³/mol. The van der Waals surface area contributed by atoms with Gasteiger partial charge in [0.05, 0.1) is 13.7 Å². The molecule has 1 aromatic heterocycles. The van der Waals surface area contributed by atoms with Crippen LogP contribution >= 0.6 is 15.9 Å². The summed E-state index contributed by atoms with van der Waals surface area (Å²) in [5, 5.41) is 9.11. The zero-order valence-corrected chi connectivity index (χ0v) is 10.3. The van der Waals surface area contributed by atoms with Crippen molar-refractivity contribution < 1.29 is 27.8 Å². The van der Waals surface area contributed by atoms with E-state index >= 15 is 0 Å². The normalized spacial score (nSPS) is 11.4. The predicted octanol–water partition coefficient (Wildman–Crippen LogP) is 2.38. The van der Waals surface area contributed by atoms with Crippen molar-refractivity contribution in [2.75, 3.05) is 7.11 Å². The summed E-state index contributed by atoms with van der Waals surface area (Å²) in [6.45, 7) is -0.386. The number of aliphatic hydroxyl groups is 1. The van der Waals surface area contributed by atoms with E-state index in [1.54, 1.807) is 0 Å². The third-order valence-corrected chi connectivity index (χ3v) is 2.43. The first-order valence-electron chi connectivity index (χ1n) is 4.40. The van der Waals surface area contributed by atoms with Crippen LogP contribution in [-0.4, -0.2) is 23.6 Å². The molecular formula is C9H9BrF3NO3. The van der Waals surface area contributed by atoms with Crippen LogP contribution in [-0.2, 0) is 11.9 Å². The van der Waals surface area contributed by atoms with Crippen molar-refractivity contribution >= 4 is 15.9 Å². The molecule has 0 aliphatic heterocycles. The number of aromatic nitrogens is 1. The number of halogens is 4. The molecule has 96 valence electrons. The van der Waals surface area contributed by atoms with Crippen molar-refractivity contribution in [1.29, 1.82) is 0 Å². The van der Waals surface area contributed by atoms with Gasteiger partial charge < -0.3 is 14.6 Å². The Hall–Kier alpha value is -1.02. The van der Waals surface area contributed by atoms with Crippen molar-refractivity contribution in [2.24, 2.45) is 0 Å². The molecule has 0 spiro atoms. The lowest BCUT2D eigenvalue weighted by atomic mass is 10.2. The average molecular weight is 316 g/mol. The minimum atomic E-state index is -4.82. The van der Waals surface area contributed by atoms with Crippen molar-refractivity contribution in [1.82, 2.24) is 4.98 Å². The van der Waals surface area contributed by atoms with E-state index in [9.17, 15) is 13.2 Å². The molecule has 0 aliphatic carbocycles. The minimum Gasteiger partial charge on any atom is -0.481 e. The summed E-state index contributed by atoms with van der Waals surface area (Å²) in [7, 11) is 1.24. The Morgan fingerprint density at radius 1 is 1.35 bits per heavy atom. The molecule has 0 aromatic carbocycles. The van der Waals surface area contributed by atoms with Gasteiger partial charge in [0.15, 0.2) is 0 Å². The second-order valence-electron chi connectivity index (χ2n) is 2.96. The molecular weight excluding hydrogens is 307 g/mol. The zero-order chi connectivity index (χ0) is 13.1. The SMILES string of the molecule is COc1nc(OC(F)(F)F)c(CBr)cc1CO. The van der Waals surface area contributed by atoms with Gasteiger partial charge in [-0.15, -0.1) is 13.2 Å². The molecule has 0 unspecified atom stereocenters. The van der Waals surface area contributed by atoms with Gasteiger partial charge in [-0.05, 0) is 6.07 Å². The maximum Gasteiger partial charge on any atom is 0.574 e. The molecule has 0 saturated heterocycles. The lowest BCUT2D eigenvalue weighted by molar-refractivity contribution is -0.276. The van der Waals surface area contributed by atoms with Gasteiger partial charge in [0.2, 0.25) is 11.8 Å². The van der Waals surface area contributed by atoms with Crippen molar-refractivity contribution in [3.63, 3.8) is 0 Å². The molecule has 1 N–H and O–H groups in total. The smallest absolute Gasteiger partial charge is 0.481 e. The van der Waals surface area contributed by atoms with Gasteiger partial charge >= 0.3 is 6.36 Å². The second kappa shape index (κ2) is 5.54. The molecule has 0 aliphatic rings. The summed E-state index contributed by atoms with van der Waals surface area (Å²) in [6, 6.07) is 1.33. The van der Waals surface area contributed by atoms with Gasteiger partial charge in [-0.1, -0.05) is 15.9 Å². The third-order valence-electron chi connectivity index (χ3n) is 1.82. The second-order valence-corrected chi connectivity index (χ2v) is 3.52.